The van der Waals surface area contributed by atoms with Gasteiger partial charge in [-0.15, -0.1) is 11.3 Å². The highest BCUT2D eigenvalue weighted by Crippen LogP contribution is 2.36. The van der Waals surface area contributed by atoms with Crippen LogP contribution in [0.3, 0.4) is 0 Å². The number of nitro benzene ring substituents is 1. The molecule has 2 heterocycles. The number of carbonyl (C=O) groups is 1. The van der Waals surface area contributed by atoms with Gasteiger partial charge in [0.15, 0.2) is 0 Å². The molecule has 25 heavy (non-hydrogen) atoms. The monoisotopic (exact) mass is 378 g/mol. The molecule has 2 aromatic heterocycles. The number of halogens is 1. The molecule has 0 bridgehead atoms. The first-order chi connectivity index (χ1) is 11.9. The fourth-order valence-electron chi connectivity index (χ4n) is 2.30. The van der Waals surface area contributed by atoms with Crippen LogP contribution >= 0.6 is 22.9 Å². The Morgan fingerprint density at radius 3 is 2.80 bits per heavy atom. The Labute approximate surface area is 150 Å². The maximum atomic E-state index is 11.9. The topological polar surface area (TPSA) is 107 Å². The minimum atomic E-state index is -0.524. The summed E-state index contributed by atoms with van der Waals surface area (Å²) in [6, 6.07) is 4.09. The van der Waals surface area contributed by atoms with E-state index in [1.54, 1.807) is 6.92 Å². The molecule has 0 saturated heterocycles. The molecule has 3 rings (SSSR count). The molecule has 10 heteroatoms. The summed E-state index contributed by atoms with van der Waals surface area (Å²) in [6.07, 6.45) is 1.36. The number of benzene rings is 1. The molecule has 0 saturated carbocycles. The van der Waals surface area contributed by atoms with E-state index in [1.165, 1.54) is 43.0 Å². The number of esters is 1. The maximum absolute atomic E-state index is 11.9. The summed E-state index contributed by atoms with van der Waals surface area (Å²) in [4.78, 5) is 31.6. The average molecular weight is 379 g/mol. The standard InChI is InChI=1S/C15H11ClN4O4S/c1-7-11-13(17-6-18-14(11)25-12(7)15(21)24-2)19-10-4-3-8(20(22)23)5-9(10)16/h3-6H,1-2H3,(H,17,18,19). The maximum Gasteiger partial charge on any atom is 0.348 e. The summed E-state index contributed by atoms with van der Waals surface area (Å²) in [5, 5.41) is 14.7. The van der Waals surface area contributed by atoms with Crippen LogP contribution in [0.1, 0.15) is 15.2 Å². The van der Waals surface area contributed by atoms with Crippen molar-refractivity contribution in [1.29, 1.82) is 0 Å². The van der Waals surface area contributed by atoms with Gasteiger partial charge in [0.05, 0.1) is 28.1 Å². The van der Waals surface area contributed by atoms with Gasteiger partial charge >= 0.3 is 5.97 Å². The number of methoxy groups -OCH3 is 1. The van der Waals surface area contributed by atoms with Crippen molar-refractivity contribution in [2.75, 3.05) is 12.4 Å². The molecule has 0 fully saturated rings. The van der Waals surface area contributed by atoms with Gasteiger partial charge in [-0.25, -0.2) is 14.8 Å². The van der Waals surface area contributed by atoms with Crippen molar-refractivity contribution >= 4 is 56.3 Å². The number of fused-ring (bicyclic) bond motifs is 1. The van der Waals surface area contributed by atoms with E-state index in [9.17, 15) is 14.9 Å². The lowest BCUT2D eigenvalue weighted by atomic mass is 10.2. The number of rotatable bonds is 4. The molecule has 128 valence electrons. The molecule has 0 amide bonds. The van der Waals surface area contributed by atoms with Gasteiger partial charge in [0.25, 0.3) is 5.69 Å². The van der Waals surface area contributed by atoms with E-state index in [2.05, 4.69) is 15.3 Å². The number of aryl methyl sites for hydroxylation is 1. The molecule has 1 N–H and O–H groups in total. The highest BCUT2D eigenvalue weighted by atomic mass is 35.5. The van der Waals surface area contributed by atoms with Gasteiger partial charge in [-0.3, -0.25) is 10.1 Å². The fraction of sp³-hybridized carbons (Fsp3) is 0.133. The van der Waals surface area contributed by atoms with Crippen molar-refractivity contribution in [3.8, 4) is 0 Å². The van der Waals surface area contributed by atoms with Crippen LogP contribution in [0.5, 0.6) is 0 Å². The number of carbonyl (C=O) groups excluding carboxylic acids is 1. The lowest BCUT2D eigenvalue weighted by Gasteiger charge is -2.09. The van der Waals surface area contributed by atoms with Crippen LogP contribution in [0.2, 0.25) is 5.02 Å². The van der Waals surface area contributed by atoms with Crippen molar-refractivity contribution in [1.82, 2.24) is 9.97 Å². The second-order valence-corrected chi connectivity index (χ2v) is 6.40. The number of anilines is 2. The van der Waals surface area contributed by atoms with Gasteiger partial charge in [0.2, 0.25) is 0 Å². The molecule has 3 aromatic rings. The lowest BCUT2D eigenvalue weighted by molar-refractivity contribution is -0.384. The summed E-state index contributed by atoms with van der Waals surface area (Å²) in [5.74, 6) is 0.00414. The zero-order valence-corrected chi connectivity index (χ0v) is 14.6. The van der Waals surface area contributed by atoms with Crippen molar-refractivity contribution in [3.05, 3.63) is 50.1 Å². The zero-order valence-electron chi connectivity index (χ0n) is 13.1. The van der Waals surface area contributed by atoms with E-state index < -0.39 is 10.9 Å². The smallest absolute Gasteiger partial charge is 0.348 e. The molecule has 0 aliphatic rings. The second kappa shape index (κ2) is 6.61. The van der Waals surface area contributed by atoms with Crippen LogP contribution in [0.4, 0.5) is 17.2 Å². The van der Waals surface area contributed by atoms with Crippen LogP contribution in [-0.4, -0.2) is 28.0 Å². The third-order valence-corrected chi connectivity index (χ3v) is 5.01. The van der Waals surface area contributed by atoms with Crippen molar-refractivity contribution in [2.45, 2.75) is 6.92 Å². The third kappa shape index (κ3) is 3.11. The SMILES string of the molecule is COC(=O)c1sc2ncnc(Nc3ccc([N+](=O)[O-])cc3Cl)c2c1C. The largest absolute Gasteiger partial charge is 0.465 e. The van der Waals surface area contributed by atoms with Crippen LogP contribution in [-0.2, 0) is 4.74 Å². The first-order valence-electron chi connectivity index (χ1n) is 6.95. The Morgan fingerprint density at radius 2 is 2.16 bits per heavy atom. The number of nitrogens with zero attached hydrogens (tertiary/aromatic N) is 3. The minimum absolute atomic E-state index is 0.108. The van der Waals surface area contributed by atoms with Gasteiger partial charge in [-0.2, -0.15) is 0 Å². The summed E-state index contributed by atoms with van der Waals surface area (Å²) in [6.45, 7) is 1.77. The predicted molar refractivity (Wildman–Crippen MR) is 94.9 cm³/mol. The molecule has 0 unspecified atom stereocenters. The number of thiophene rings is 1. The molecule has 0 aliphatic carbocycles. The Hall–Kier alpha value is -2.78. The van der Waals surface area contributed by atoms with E-state index in [-0.39, 0.29) is 10.7 Å². The molecule has 1 aromatic carbocycles. The average Bonchev–Trinajstić information content (AvgIpc) is 2.93. The van der Waals surface area contributed by atoms with Crippen LogP contribution in [0.25, 0.3) is 10.2 Å². The van der Waals surface area contributed by atoms with E-state index in [0.717, 1.165) is 0 Å². The highest BCUT2D eigenvalue weighted by Gasteiger charge is 2.20. The van der Waals surface area contributed by atoms with E-state index >= 15 is 0 Å². The summed E-state index contributed by atoms with van der Waals surface area (Å²) in [7, 11) is 1.31. The fourth-order valence-corrected chi connectivity index (χ4v) is 3.59. The lowest BCUT2D eigenvalue weighted by Crippen LogP contribution is -2.00. The van der Waals surface area contributed by atoms with Gasteiger partial charge in [-0.05, 0) is 18.6 Å². The molecule has 0 spiro atoms. The number of nitro groups is 1. The van der Waals surface area contributed by atoms with E-state index in [1.807, 2.05) is 0 Å². The van der Waals surface area contributed by atoms with E-state index in [4.69, 9.17) is 16.3 Å². The van der Waals surface area contributed by atoms with Crippen LogP contribution < -0.4 is 5.32 Å². The van der Waals surface area contributed by atoms with Gasteiger partial charge in [0.1, 0.15) is 21.9 Å². The van der Waals surface area contributed by atoms with Crippen molar-refractivity contribution in [2.24, 2.45) is 0 Å². The number of ether oxygens (including phenoxy) is 1. The summed E-state index contributed by atoms with van der Waals surface area (Å²) in [5.41, 5.74) is 1.04. The molecular formula is C15H11ClN4O4S. The molecule has 0 atom stereocenters. The van der Waals surface area contributed by atoms with Gasteiger partial charge in [0, 0.05) is 12.1 Å². The molecule has 0 radical (unpaired) electrons. The highest BCUT2D eigenvalue weighted by molar-refractivity contribution is 7.20. The number of hydrogen-bond acceptors (Lipinski definition) is 8. The summed E-state index contributed by atoms with van der Waals surface area (Å²) >= 11 is 7.31. The number of non-ortho nitro benzene ring substituents is 1. The van der Waals surface area contributed by atoms with Crippen molar-refractivity contribution in [3.63, 3.8) is 0 Å². The number of aromatic nitrogens is 2. The molecule has 8 nitrogen and oxygen atoms in total. The van der Waals surface area contributed by atoms with Gasteiger partial charge in [-0.1, -0.05) is 11.6 Å². The Morgan fingerprint density at radius 1 is 1.40 bits per heavy atom. The second-order valence-electron chi connectivity index (χ2n) is 5.00. The third-order valence-electron chi connectivity index (χ3n) is 3.51. The Bertz CT molecular complexity index is 1000. The van der Waals surface area contributed by atoms with Crippen molar-refractivity contribution < 1.29 is 14.5 Å². The quantitative estimate of drug-likeness (QED) is 0.413. The normalized spacial score (nSPS) is 10.7. The Balaban J connectivity index is 2.06. The summed E-state index contributed by atoms with van der Waals surface area (Å²) < 4.78 is 4.78. The zero-order chi connectivity index (χ0) is 18.1. The number of hydrogen-bond donors (Lipinski definition) is 1. The molecule has 0 aliphatic heterocycles. The molecular weight excluding hydrogens is 368 g/mol. The first kappa shape index (κ1) is 17.1. The predicted octanol–water partition coefficient (Wildman–Crippen LogP) is 4.09. The van der Waals surface area contributed by atoms with E-state index in [0.29, 0.717) is 32.2 Å². The van der Waals surface area contributed by atoms with Crippen LogP contribution in [0.15, 0.2) is 24.5 Å². The first-order valence-corrected chi connectivity index (χ1v) is 8.15. The van der Waals surface area contributed by atoms with Crippen LogP contribution in [0, 0.1) is 17.0 Å². The van der Waals surface area contributed by atoms with Gasteiger partial charge < -0.3 is 10.1 Å². The minimum Gasteiger partial charge on any atom is -0.465 e. The number of nitrogens with one attached hydrogen (secondary N) is 1. The Kier molecular flexibility index (Phi) is 4.51.